The summed E-state index contributed by atoms with van der Waals surface area (Å²) >= 11 is 5.91. The first-order valence-electron chi connectivity index (χ1n) is 9.51. The van der Waals surface area contributed by atoms with Crippen LogP contribution in [0, 0.1) is 11.7 Å². The number of carbonyl (C=O) groups is 1. The SMILES string of the molecule is O=C1OCCN1CCC1CCN(CC2COc3c(F)cc(Cl)cc3O2)CC1. The molecule has 2 saturated heterocycles. The van der Waals surface area contributed by atoms with Gasteiger partial charge in [-0.2, -0.15) is 0 Å². The van der Waals surface area contributed by atoms with Gasteiger partial charge in [0.2, 0.25) is 0 Å². The molecule has 1 amide bonds. The highest BCUT2D eigenvalue weighted by atomic mass is 35.5. The van der Waals surface area contributed by atoms with Crippen LogP contribution in [-0.2, 0) is 4.74 Å². The number of hydrogen-bond donors (Lipinski definition) is 0. The highest BCUT2D eigenvalue weighted by molar-refractivity contribution is 6.30. The van der Waals surface area contributed by atoms with Crippen molar-refractivity contribution < 1.29 is 23.4 Å². The molecule has 8 heteroatoms. The Morgan fingerprint density at radius 1 is 1.19 bits per heavy atom. The number of likely N-dealkylation sites (tertiary alicyclic amines) is 1. The molecule has 0 spiro atoms. The zero-order valence-electron chi connectivity index (χ0n) is 15.2. The minimum absolute atomic E-state index is 0.133. The molecule has 0 saturated carbocycles. The fourth-order valence-corrected chi connectivity index (χ4v) is 4.15. The number of fused-ring (bicyclic) bond motifs is 1. The zero-order chi connectivity index (χ0) is 18.8. The molecule has 6 nitrogen and oxygen atoms in total. The summed E-state index contributed by atoms with van der Waals surface area (Å²) in [4.78, 5) is 15.6. The van der Waals surface area contributed by atoms with Crippen LogP contribution in [0.15, 0.2) is 12.1 Å². The molecule has 0 bridgehead atoms. The number of hydrogen-bond acceptors (Lipinski definition) is 5. The number of amides is 1. The van der Waals surface area contributed by atoms with Crippen LogP contribution < -0.4 is 9.47 Å². The maximum absolute atomic E-state index is 13.8. The largest absolute Gasteiger partial charge is 0.483 e. The molecular formula is C19H24ClFN2O4. The average Bonchev–Trinajstić information content (AvgIpc) is 3.05. The number of cyclic esters (lactones) is 1. The van der Waals surface area contributed by atoms with Crippen LogP contribution in [0.2, 0.25) is 5.02 Å². The lowest BCUT2D eigenvalue weighted by Gasteiger charge is -2.36. The van der Waals surface area contributed by atoms with Crippen LogP contribution in [0.3, 0.4) is 0 Å². The van der Waals surface area contributed by atoms with Gasteiger partial charge in [-0.25, -0.2) is 9.18 Å². The number of piperidine rings is 1. The first-order valence-corrected chi connectivity index (χ1v) is 9.89. The molecule has 3 aliphatic heterocycles. The van der Waals surface area contributed by atoms with Gasteiger partial charge in [-0.3, -0.25) is 4.90 Å². The topological polar surface area (TPSA) is 51.2 Å². The number of benzene rings is 1. The van der Waals surface area contributed by atoms with E-state index in [9.17, 15) is 9.18 Å². The van der Waals surface area contributed by atoms with Crippen molar-refractivity contribution in [1.29, 1.82) is 0 Å². The van der Waals surface area contributed by atoms with E-state index in [2.05, 4.69) is 4.90 Å². The summed E-state index contributed by atoms with van der Waals surface area (Å²) in [7, 11) is 0. The summed E-state index contributed by atoms with van der Waals surface area (Å²) < 4.78 is 30.3. The lowest BCUT2D eigenvalue weighted by molar-refractivity contribution is 0.0443. The Bertz CT molecular complexity index is 697. The highest BCUT2D eigenvalue weighted by Crippen LogP contribution is 2.37. The third kappa shape index (κ3) is 4.41. The Morgan fingerprint density at radius 3 is 2.74 bits per heavy atom. The molecule has 0 aromatic heterocycles. The third-order valence-corrected chi connectivity index (χ3v) is 5.72. The lowest BCUT2D eigenvalue weighted by Crippen LogP contribution is -2.44. The fourth-order valence-electron chi connectivity index (χ4n) is 3.96. The summed E-state index contributed by atoms with van der Waals surface area (Å²) in [5, 5.41) is 0.304. The van der Waals surface area contributed by atoms with Gasteiger partial charge in [0.1, 0.15) is 19.3 Å². The van der Waals surface area contributed by atoms with Gasteiger partial charge >= 0.3 is 6.09 Å². The standard InChI is InChI=1S/C19H24ClFN2O4/c20-14-9-16(21)18-17(10-14)27-15(12-26-18)11-22-4-1-13(2-5-22)3-6-23-7-8-25-19(23)24/h9-10,13,15H,1-8,11-12H2. The van der Waals surface area contributed by atoms with Crippen molar-refractivity contribution in [2.45, 2.75) is 25.4 Å². The first-order chi connectivity index (χ1) is 13.1. The monoisotopic (exact) mass is 398 g/mol. The van der Waals surface area contributed by atoms with E-state index in [1.165, 1.54) is 6.07 Å². The predicted molar refractivity (Wildman–Crippen MR) is 98.0 cm³/mol. The van der Waals surface area contributed by atoms with E-state index in [-0.39, 0.29) is 17.9 Å². The molecule has 0 radical (unpaired) electrons. The van der Waals surface area contributed by atoms with Crippen molar-refractivity contribution in [1.82, 2.24) is 9.80 Å². The van der Waals surface area contributed by atoms with Gasteiger partial charge in [-0.15, -0.1) is 0 Å². The van der Waals surface area contributed by atoms with Crippen LogP contribution >= 0.6 is 11.6 Å². The number of carbonyl (C=O) groups excluding carboxylic acids is 1. The van der Waals surface area contributed by atoms with Crippen LogP contribution in [-0.4, -0.2) is 67.9 Å². The molecule has 1 aromatic carbocycles. The molecular weight excluding hydrogens is 375 g/mol. The number of ether oxygens (including phenoxy) is 3. The van der Waals surface area contributed by atoms with Crippen molar-refractivity contribution in [2.24, 2.45) is 5.92 Å². The minimum Gasteiger partial charge on any atom is -0.483 e. The summed E-state index contributed by atoms with van der Waals surface area (Å²) in [5.41, 5.74) is 0. The van der Waals surface area contributed by atoms with Crippen LogP contribution in [0.1, 0.15) is 19.3 Å². The van der Waals surface area contributed by atoms with Crippen LogP contribution in [0.25, 0.3) is 0 Å². The summed E-state index contributed by atoms with van der Waals surface area (Å²) in [6, 6.07) is 2.83. The van der Waals surface area contributed by atoms with E-state index in [0.29, 0.717) is 36.4 Å². The average molecular weight is 399 g/mol. The molecule has 148 valence electrons. The molecule has 0 N–H and O–H groups in total. The number of halogens is 2. The molecule has 1 atom stereocenters. The van der Waals surface area contributed by atoms with Gasteiger partial charge in [0.05, 0.1) is 6.54 Å². The van der Waals surface area contributed by atoms with E-state index in [0.717, 1.165) is 45.4 Å². The Kier molecular flexibility index (Phi) is 5.59. The second-order valence-electron chi connectivity index (χ2n) is 7.40. The predicted octanol–water partition coefficient (Wildman–Crippen LogP) is 3.17. The molecule has 3 heterocycles. The van der Waals surface area contributed by atoms with Crippen molar-refractivity contribution in [2.75, 3.05) is 45.9 Å². The normalized spacial score (nSPS) is 23.6. The van der Waals surface area contributed by atoms with Gasteiger partial charge in [-0.05, 0) is 44.3 Å². The van der Waals surface area contributed by atoms with Gasteiger partial charge in [0.15, 0.2) is 17.3 Å². The molecule has 4 rings (SSSR count). The summed E-state index contributed by atoms with van der Waals surface area (Å²) in [6.07, 6.45) is 2.92. The first kappa shape index (κ1) is 18.6. The smallest absolute Gasteiger partial charge is 0.409 e. The van der Waals surface area contributed by atoms with Gasteiger partial charge in [0.25, 0.3) is 0 Å². The molecule has 27 heavy (non-hydrogen) atoms. The maximum Gasteiger partial charge on any atom is 0.409 e. The molecule has 3 aliphatic rings. The molecule has 1 unspecified atom stereocenters. The molecule has 2 fully saturated rings. The van der Waals surface area contributed by atoms with E-state index in [1.807, 2.05) is 0 Å². The third-order valence-electron chi connectivity index (χ3n) is 5.50. The number of nitrogens with zero attached hydrogens (tertiary/aromatic N) is 2. The maximum atomic E-state index is 13.8. The van der Waals surface area contributed by atoms with E-state index >= 15 is 0 Å². The van der Waals surface area contributed by atoms with Crippen LogP contribution in [0.4, 0.5) is 9.18 Å². The Balaban J connectivity index is 1.22. The Morgan fingerprint density at radius 2 is 2.00 bits per heavy atom. The second kappa shape index (κ2) is 8.10. The van der Waals surface area contributed by atoms with E-state index in [1.54, 1.807) is 11.0 Å². The van der Waals surface area contributed by atoms with E-state index < -0.39 is 5.82 Å². The Hall–Kier alpha value is -1.73. The molecule has 0 aliphatic carbocycles. The van der Waals surface area contributed by atoms with Gasteiger partial charge < -0.3 is 19.1 Å². The quantitative estimate of drug-likeness (QED) is 0.762. The van der Waals surface area contributed by atoms with E-state index in [4.69, 9.17) is 25.8 Å². The summed E-state index contributed by atoms with van der Waals surface area (Å²) in [5.74, 6) is 0.670. The summed E-state index contributed by atoms with van der Waals surface area (Å²) in [6.45, 7) is 5.08. The van der Waals surface area contributed by atoms with Gasteiger partial charge in [0, 0.05) is 24.2 Å². The van der Waals surface area contributed by atoms with Gasteiger partial charge in [-0.1, -0.05) is 11.6 Å². The fraction of sp³-hybridized carbons (Fsp3) is 0.632. The highest BCUT2D eigenvalue weighted by Gasteiger charge is 2.29. The van der Waals surface area contributed by atoms with Crippen molar-refractivity contribution in [3.63, 3.8) is 0 Å². The lowest BCUT2D eigenvalue weighted by atomic mass is 9.93. The molecule has 1 aromatic rings. The van der Waals surface area contributed by atoms with Crippen molar-refractivity contribution in [3.8, 4) is 11.5 Å². The van der Waals surface area contributed by atoms with Crippen molar-refractivity contribution >= 4 is 17.7 Å². The van der Waals surface area contributed by atoms with Crippen molar-refractivity contribution in [3.05, 3.63) is 23.0 Å². The minimum atomic E-state index is -0.487. The Labute approximate surface area is 163 Å². The zero-order valence-corrected chi connectivity index (χ0v) is 15.9. The van der Waals surface area contributed by atoms with Crippen LogP contribution in [0.5, 0.6) is 11.5 Å². The number of rotatable bonds is 5. The second-order valence-corrected chi connectivity index (χ2v) is 7.84.